The smallest absolute Gasteiger partial charge is 0.258 e. The molecule has 4 rings (SSSR count). The van der Waals surface area contributed by atoms with Gasteiger partial charge in [0.2, 0.25) is 0 Å². The third kappa shape index (κ3) is 3.98. The Balaban J connectivity index is 1.39. The van der Waals surface area contributed by atoms with Crippen LogP contribution in [0.5, 0.6) is 5.88 Å². The van der Waals surface area contributed by atoms with Crippen LogP contribution >= 0.6 is 0 Å². The number of ether oxygens (including phenoxy) is 1. The SMILES string of the molecule is Cc1ccc2nc(CN3CCC(Oc4ncccc4F)CC3)cc(=O)n2c1. The lowest BCUT2D eigenvalue weighted by Gasteiger charge is -2.31. The van der Waals surface area contributed by atoms with Crippen molar-refractivity contribution in [3.63, 3.8) is 0 Å². The quantitative estimate of drug-likeness (QED) is 0.708. The van der Waals surface area contributed by atoms with Crippen LogP contribution < -0.4 is 10.3 Å². The van der Waals surface area contributed by atoms with Gasteiger partial charge in [-0.1, -0.05) is 6.07 Å². The first-order valence-electron chi connectivity index (χ1n) is 9.07. The van der Waals surface area contributed by atoms with Crippen molar-refractivity contribution in [3.8, 4) is 5.88 Å². The fraction of sp³-hybridized carbons (Fsp3) is 0.350. The van der Waals surface area contributed by atoms with E-state index < -0.39 is 5.82 Å². The molecule has 1 aliphatic rings. The summed E-state index contributed by atoms with van der Waals surface area (Å²) in [4.78, 5) is 23.1. The summed E-state index contributed by atoms with van der Waals surface area (Å²) >= 11 is 0. The molecule has 3 aromatic rings. The average Bonchev–Trinajstić information content (AvgIpc) is 2.66. The third-order valence-electron chi connectivity index (χ3n) is 4.78. The number of likely N-dealkylation sites (tertiary alicyclic amines) is 1. The van der Waals surface area contributed by atoms with Gasteiger partial charge in [0.1, 0.15) is 11.8 Å². The van der Waals surface area contributed by atoms with Crippen LogP contribution in [0.15, 0.2) is 47.5 Å². The first-order chi connectivity index (χ1) is 13.1. The minimum absolute atomic E-state index is 0.0520. The number of hydrogen-bond donors (Lipinski definition) is 0. The number of piperidine rings is 1. The highest BCUT2D eigenvalue weighted by atomic mass is 19.1. The maximum Gasteiger partial charge on any atom is 0.258 e. The number of aromatic nitrogens is 3. The predicted molar refractivity (Wildman–Crippen MR) is 99.3 cm³/mol. The lowest BCUT2D eigenvalue weighted by atomic mass is 10.1. The first-order valence-corrected chi connectivity index (χ1v) is 9.07. The van der Waals surface area contributed by atoms with Crippen molar-refractivity contribution >= 4 is 5.65 Å². The molecular formula is C20H21FN4O2. The predicted octanol–water partition coefficient (Wildman–Crippen LogP) is 2.58. The highest BCUT2D eigenvalue weighted by Gasteiger charge is 2.22. The summed E-state index contributed by atoms with van der Waals surface area (Å²) in [6, 6.07) is 8.30. The second-order valence-electron chi connectivity index (χ2n) is 6.90. The van der Waals surface area contributed by atoms with E-state index in [0.717, 1.165) is 37.2 Å². The Kier molecular flexibility index (Phi) is 4.85. The van der Waals surface area contributed by atoms with E-state index in [1.807, 2.05) is 19.1 Å². The Bertz CT molecular complexity index is 1010. The Labute approximate surface area is 156 Å². The van der Waals surface area contributed by atoms with Crippen LogP contribution in [0.4, 0.5) is 4.39 Å². The lowest BCUT2D eigenvalue weighted by molar-refractivity contribution is 0.0890. The molecule has 140 valence electrons. The molecule has 0 bridgehead atoms. The zero-order valence-electron chi connectivity index (χ0n) is 15.1. The Morgan fingerprint density at radius 1 is 1.26 bits per heavy atom. The molecule has 3 aromatic heterocycles. The summed E-state index contributed by atoms with van der Waals surface area (Å²) in [6.07, 6.45) is 4.83. The van der Waals surface area contributed by atoms with Gasteiger partial charge in [0.25, 0.3) is 11.4 Å². The number of pyridine rings is 2. The summed E-state index contributed by atoms with van der Waals surface area (Å²) in [7, 11) is 0. The molecule has 4 heterocycles. The van der Waals surface area contributed by atoms with Crippen LogP contribution in [0.1, 0.15) is 24.1 Å². The van der Waals surface area contributed by atoms with E-state index in [1.165, 1.54) is 12.3 Å². The molecule has 6 nitrogen and oxygen atoms in total. The molecule has 0 atom stereocenters. The van der Waals surface area contributed by atoms with E-state index >= 15 is 0 Å². The van der Waals surface area contributed by atoms with Gasteiger partial charge in [-0.2, -0.15) is 0 Å². The van der Waals surface area contributed by atoms with Crippen LogP contribution in [-0.2, 0) is 6.54 Å². The second-order valence-corrected chi connectivity index (χ2v) is 6.90. The van der Waals surface area contributed by atoms with Crippen LogP contribution in [0, 0.1) is 12.7 Å². The van der Waals surface area contributed by atoms with E-state index in [2.05, 4.69) is 14.9 Å². The molecule has 0 amide bonds. The third-order valence-corrected chi connectivity index (χ3v) is 4.78. The van der Waals surface area contributed by atoms with Crippen LogP contribution in [0.3, 0.4) is 0 Å². The molecule has 0 N–H and O–H groups in total. The van der Waals surface area contributed by atoms with Crippen molar-refractivity contribution in [1.82, 2.24) is 19.3 Å². The Hall–Kier alpha value is -2.80. The zero-order chi connectivity index (χ0) is 18.8. The largest absolute Gasteiger partial charge is 0.472 e. The summed E-state index contributed by atoms with van der Waals surface area (Å²) in [5, 5.41) is 0. The van der Waals surface area contributed by atoms with Gasteiger partial charge in [0.15, 0.2) is 5.82 Å². The van der Waals surface area contributed by atoms with Gasteiger partial charge in [-0.15, -0.1) is 0 Å². The van der Waals surface area contributed by atoms with Crippen molar-refractivity contribution in [1.29, 1.82) is 0 Å². The highest BCUT2D eigenvalue weighted by Crippen LogP contribution is 2.20. The number of rotatable bonds is 4. The summed E-state index contributed by atoms with van der Waals surface area (Å²) in [5.41, 5.74) is 2.37. The van der Waals surface area contributed by atoms with Gasteiger partial charge in [-0.25, -0.2) is 14.4 Å². The summed E-state index contributed by atoms with van der Waals surface area (Å²) in [5.74, 6) is -0.369. The molecule has 7 heteroatoms. The van der Waals surface area contributed by atoms with E-state index in [1.54, 1.807) is 22.7 Å². The molecular weight excluding hydrogens is 347 g/mol. The van der Waals surface area contributed by atoms with Crippen LogP contribution in [0.2, 0.25) is 0 Å². The molecule has 27 heavy (non-hydrogen) atoms. The van der Waals surface area contributed by atoms with Crippen molar-refractivity contribution < 1.29 is 9.13 Å². The van der Waals surface area contributed by atoms with Crippen molar-refractivity contribution in [2.75, 3.05) is 13.1 Å². The fourth-order valence-corrected chi connectivity index (χ4v) is 3.37. The normalized spacial score (nSPS) is 15.9. The van der Waals surface area contributed by atoms with E-state index in [-0.39, 0.29) is 17.5 Å². The van der Waals surface area contributed by atoms with Gasteiger partial charge in [0, 0.05) is 38.1 Å². The maximum absolute atomic E-state index is 13.7. The van der Waals surface area contributed by atoms with Gasteiger partial charge in [0.05, 0.1) is 5.69 Å². The minimum Gasteiger partial charge on any atom is -0.472 e. The number of hydrogen-bond acceptors (Lipinski definition) is 5. The van der Waals surface area contributed by atoms with E-state index in [9.17, 15) is 9.18 Å². The first kappa shape index (κ1) is 17.6. The molecule has 0 spiro atoms. The van der Waals surface area contributed by atoms with Gasteiger partial charge >= 0.3 is 0 Å². The topological polar surface area (TPSA) is 59.7 Å². The molecule has 0 aliphatic carbocycles. The lowest BCUT2D eigenvalue weighted by Crippen LogP contribution is -2.38. The second kappa shape index (κ2) is 7.44. The highest BCUT2D eigenvalue weighted by molar-refractivity contribution is 5.39. The number of halogens is 1. The molecule has 0 aromatic carbocycles. The molecule has 1 aliphatic heterocycles. The van der Waals surface area contributed by atoms with Crippen LogP contribution in [-0.4, -0.2) is 38.5 Å². The fourth-order valence-electron chi connectivity index (χ4n) is 3.37. The summed E-state index contributed by atoms with van der Waals surface area (Å²) < 4.78 is 20.9. The van der Waals surface area contributed by atoms with Gasteiger partial charge < -0.3 is 4.74 Å². The molecule has 0 radical (unpaired) electrons. The monoisotopic (exact) mass is 368 g/mol. The van der Waals surface area contributed by atoms with E-state index in [0.29, 0.717) is 12.2 Å². The maximum atomic E-state index is 13.7. The zero-order valence-corrected chi connectivity index (χ0v) is 15.1. The minimum atomic E-state index is -0.434. The molecule has 0 unspecified atom stereocenters. The van der Waals surface area contributed by atoms with Crippen molar-refractivity contribution in [3.05, 3.63) is 70.2 Å². The standard InChI is InChI=1S/C20H21FN4O2/c1-14-4-5-18-23-15(11-19(26)25(18)12-14)13-24-9-6-16(7-10-24)27-20-17(21)3-2-8-22-20/h2-5,8,11-12,16H,6-7,9-10,13H2,1H3. The Morgan fingerprint density at radius 3 is 2.85 bits per heavy atom. The number of fused-ring (bicyclic) bond motifs is 1. The molecule has 0 saturated carbocycles. The molecule has 1 saturated heterocycles. The number of nitrogens with zero attached hydrogens (tertiary/aromatic N) is 4. The van der Waals surface area contributed by atoms with Gasteiger partial charge in [-0.05, 0) is 43.5 Å². The number of aryl methyl sites for hydroxylation is 1. The Morgan fingerprint density at radius 2 is 2.07 bits per heavy atom. The van der Waals surface area contributed by atoms with Gasteiger partial charge in [-0.3, -0.25) is 14.1 Å². The summed E-state index contributed by atoms with van der Waals surface area (Å²) in [6.45, 7) is 4.16. The van der Waals surface area contributed by atoms with E-state index in [4.69, 9.17) is 4.74 Å². The van der Waals surface area contributed by atoms with Crippen molar-refractivity contribution in [2.45, 2.75) is 32.4 Å². The van der Waals surface area contributed by atoms with Crippen LogP contribution in [0.25, 0.3) is 5.65 Å². The molecule has 1 fully saturated rings. The van der Waals surface area contributed by atoms with Crippen molar-refractivity contribution in [2.24, 2.45) is 0 Å². The average molecular weight is 368 g/mol.